The second kappa shape index (κ2) is 5.73. The van der Waals surface area contributed by atoms with Gasteiger partial charge in [-0.25, -0.2) is 0 Å². The van der Waals surface area contributed by atoms with E-state index in [1.807, 2.05) is 24.3 Å². The van der Waals surface area contributed by atoms with Crippen molar-refractivity contribution in [1.29, 1.82) is 0 Å². The van der Waals surface area contributed by atoms with Gasteiger partial charge in [-0.05, 0) is 12.1 Å². The normalized spacial score (nSPS) is 9.86. The fraction of sp³-hybridized carbons (Fsp3) is 0.273. The molecule has 2 N–H and O–H groups in total. The van der Waals surface area contributed by atoms with Gasteiger partial charge in [-0.2, -0.15) is 0 Å². The number of hydrogen-bond donors (Lipinski definition) is 1. The second-order valence-electron chi connectivity index (χ2n) is 2.89. The molecule has 0 unspecified atom stereocenters. The Kier molecular flexibility index (Phi) is 4.56. The topological polar surface area (TPSA) is 35.2 Å². The maximum atomic E-state index is 5.46. The van der Waals surface area contributed by atoms with Gasteiger partial charge in [-0.1, -0.05) is 24.3 Å². The highest BCUT2D eigenvalue weighted by Gasteiger charge is 2.02. The minimum atomic E-state index is 0.544. The van der Waals surface area contributed by atoms with Crippen LogP contribution in [0.4, 0.5) is 0 Å². The van der Waals surface area contributed by atoms with Crippen molar-refractivity contribution < 1.29 is 4.74 Å². The van der Waals surface area contributed by atoms with Crippen LogP contribution in [0.25, 0.3) is 0 Å². The largest absolute Gasteiger partial charge is 0.496 e. The highest BCUT2D eigenvalue weighted by Crippen LogP contribution is 2.29. The van der Waals surface area contributed by atoms with Gasteiger partial charge in [0.05, 0.1) is 7.11 Å². The van der Waals surface area contributed by atoms with Crippen LogP contribution < -0.4 is 10.5 Å². The Bertz CT molecular complexity index is 312. The highest BCUT2D eigenvalue weighted by atomic mass is 32.2. The minimum absolute atomic E-state index is 0.544. The Morgan fingerprint density at radius 3 is 2.86 bits per heavy atom. The van der Waals surface area contributed by atoms with Gasteiger partial charge in [-0.15, -0.1) is 11.8 Å². The van der Waals surface area contributed by atoms with Crippen molar-refractivity contribution in [2.45, 2.75) is 4.90 Å². The predicted molar refractivity (Wildman–Crippen MR) is 61.9 cm³/mol. The van der Waals surface area contributed by atoms with Crippen LogP contribution in [0.15, 0.2) is 41.3 Å². The van der Waals surface area contributed by atoms with Gasteiger partial charge in [0.2, 0.25) is 0 Å². The first kappa shape index (κ1) is 11.1. The first-order valence-electron chi connectivity index (χ1n) is 4.40. The van der Waals surface area contributed by atoms with E-state index in [0.29, 0.717) is 6.54 Å². The van der Waals surface area contributed by atoms with Crippen LogP contribution in [0, 0.1) is 0 Å². The molecule has 0 aliphatic rings. The molecule has 0 aromatic heterocycles. The zero-order valence-electron chi connectivity index (χ0n) is 8.32. The summed E-state index contributed by atoms with van der Waals surface area (Å²) in [6, 6.07) is 7.94. The van der Waals surface area contributed by atoms with E-state index in [2.05, 4.69) is 6.58 Å². The number of benzene rings is 1. The standard InChI is InChI=1S/C11H15NOS/c1-9(7-12)8-14-11-6-4-3-5-10(11)13-2/h3-6H,1,7-8,12H2,2H3. The lowest BCUT2D eigenvalue weighted by atomic mass is 10.3. The second-order valence-corrected chi connectivity index (χ2v) is 3.91. The molecule has 0 atom stereocenters. The van der Waals surface area contributed by atoms with Gasteiger partial charge in [0.1, 0.15) is 5.75 Å². The van der Waals surface area contributed by atoms with Crippen molar-refractivity contribution in [2.75, 3.05) is 19.4 Å². The monoisotopic (exact) mass is 209 g/mol. The molecule has 1 aromatic rings. The summed E-state index contributed by atoms with van der Waals surface area (Å²) in [6.45, 7) is 4.40. The Labute approximate surface area is 89.1 Å². The smallest absolute Gasteiger partial charge is 0.132 e. The Morgan fingerprint density at radius 2 is 2.21 bits per heavy atom. The quantitative estimate of drug-likeness (QED) is 0.597. The number of nitrogens with two attached hydrogens (primary N) is 1. The summed E-state index contributed by atoms with van der Waals surface area (Å²) in [6.07, 6.45) is 0. The molecule has 1 rings (SSSR count). The number of hydrogen-bond acceptors (Lipinski definition) is 3. The van der Waals surface area contributed by atoms with Gasteiger partial charge in [0, 0.05) is 17.2 Å². The molecule has 0 amide bonds. The lowest BCUT2D eigenvalue weighted by molar-refractivity contribution is 0.405. The van der Waals surface area contributed by atoms with Crippen molar-refractivity contribution in [3.8, 4) is 5.75 Å². The summed E-state index contributed by atoms with van der Waals surface area (Å²) in [5, 5.41) is 0. The van der Waals surface area contributed by atoms with Crippen molar-refractivity contribution in [2.24, 2.45) is 5.73 Å². The van der Waals surface area contributed by atoms with Gasteiger partial charge in [0.15, 0.2) is 0 Å². The molecular weight excluding hydrogens is 194 g/mol. The van der Waals surface area contributed by atoms with Crippen LogP contribution in [0.3, 0.4) is 0 Å². The molecule has 0 spiro atoms. The zero-order valence-corrected chi connectivity index (χ0v) is 9.14. The van der Waals surface area contributed by atoms with Crippen LogP contribution in [0.2, 0.25) is 0 Å². The summed E-state index contributed by atoms with van der Waals surface area (Å²) in [7, 11) is 1.68. The van der Waals surface area contributed by atoms with E-state index in [1.54, 1.807) is 18.9 Å². The van der Waals surface area contributed by atoms with Crippen LogP contribution in [-0.2, 0) is 0 Å². The molecule has 0 aliphatic carbocycles. The molecule has 0 bridgehead atoms. The number of ether oxygens (including phenoxy) is 1. The Balaban J connectivity index is 2.61. The molecule has 14 heavy (non-hydrogen) atoms. The SMILES string of the molecule is C=C(CN)CSc1ccccc1OC. The van der Waals surface area contributed by atoms with E-state index < -0.39 is 0 Å². The molecular formula is C11H15NOS. The third-order valence-electron chi connectivity index (χ3n) is 1.79. The average molecular weight is 209 g/mol. The van der Waals surface area contributed by atoms with Gasteiger partial charge in [0.25, 0.3) is 0 Å². The summed E-state index contributed by atoms with van der Waals surface area (Å²) in [5.41, 5.74) is 6.51. The molecule has 0 saturated heterocycles. The van der Waals surface area contributed by atoms with Crippen molar-refractivity contribution in [3.63, 3.8) is 0 Å². The van der Waals surface area contributed by atoms with Crippen molar-refractivity contribution >= 4 is 11.8 Å². The van der Waals surface area contributed by atoms with Gasteiger partial charge < -0.3 is 10.5 Å². The summed E-state index contributed by atoms with van der Waals surface area (Å²) in [4.78, 5) is 1.13. The van der Waals surface area contributed by atoms with Crippen LogP contribution >= 0.6 is 11.8 Å². The molecule has 0 fully saturated rings. The van der Waals surface area contributed by atoms with E-state index >= 15 is 0 Å². The average Bonchev–Trinajstić information content (AvgIpc) is 2.26. The molecule has 76 valence electrons. The lowest BCUT2D eigenvalue weighted by Crippen LogP contribution is -2.03. The maximum Gasteiger partial charge on any atom is 0.132 e. The van der Waals surface area contributed by atoms with E-state index in [9.17, 15) is 0 Å². The molecule has 0 aliphatic heterocycles. The highest BCUT2D eigenvalue weighted by molar-refractivity contribution is 7.99. The van der Waals surface area contributed by atoms with Crippen LogP contribution in [0.5, 0.6) is 5.75 Å². The van der Waals surface area contributed by atoms with Gasteiger partial charge >= 0.3 is 0 Å². The first-order valence-corrected chi connectivity index (χ1v) is 5.39. The molecule has 3 heteroatoms. The minimum Gasteiger partial charge on any atom is -0.496 e. The number of para-hydroxylation sites is 1. The van der Waals surface area contributed by atoms with E-state index in [4.69, 9.17) is 10.5 Å². The lowest BCUT2D eigenvalue weighted by Gasteiger charge is -2.07. The third kappa shape index (κ3) is 3.09. The third-order valence-corrected chi connectivity index (χ3v) is 2.99. The molecule has 1 aromatic carbocycles. The van der Waals surface area contributed by atoms with Crippen LogP contribution in [-0.4, -0.2) is 19.4 Å². The molecule has 0 heterocycles. The molecule has 2 nitrogen and oxygen atoms in total. The van der Waals surface area contributed by atoms with Crippen LogP contribution in [0.1, 0.15) is 0 Å². The van der Waals surface area contributed by atoms with Crippen molar-refractivity contribution in [3.05, 3.63) is 36.4 Å². The number of methoxy groups -OCH3 is 1. The Hall–Kier alpha value is -0.930. The van der Waals surface area contributed by atoms with E-state index in [1.165, 1.54) is 0 Å². The number of rotatable bonds is 5. The summed E-state index contributed by atoms with van der Waals surface area (Å²) in [5.74, 6) is 1.75. The summed E-state index contributed by atoms with van der Waals surface area (Å²) >= 11 is 1.70. The Morgan fingerprint density at radius 1 is 1.50 bits per heavy atom. The maximum absolute atomic E-state index is 5.46. The van der Waals surface area contributed by atoms with E-state index in [0.717, 1.165) is 22.0 Å². The van der Waals surface area contributed by atoms with Gasteiger partial charge in [-0.3, -0.25) is 0 Å². The number of thioether (sulfide) groups is 1. The summed E-state index contributed by atoms with van der Waals surface area (Å²) < 4.78 is 5.23. The van der Waals surface area contributed by atoms with E-state index in [-0.39, 0.29) is 0 Å². The predicted octanol–water partition coefficient (Wildman–Crippen LogP) is 2.30. The fourth-order valence-corrected chi connectivity index (χ4v) is 1.92. The zero-order chi connectivity index (χ0) is 10.4. The fourth-order valence-electron chi connectivity index (χ4n) is 0.977. The molecule has 0 radical (unpaired) electrons. The first-order chi connectivity index (χ1) is 6.77. The molecule has 0 saturated carbocycles. The van der Waals surface area contributed by atoms with Crippen molar-refractivity contribution in [1.82, 2.24) is 0 Å².